The number of carbonyl (C=O) groups excluding carboxylic acids is 1. The Balaban J connectivity index is 2.46. The molecule has 0 radical (unpaired) electrons. The van der Waals surface area contributed by atoms with Gasteiger partial charge in [-0.3, -0.25) is 9.48 Å². The average Bonchev–Trinajstić information content (AvgIpc) is 2.70. The molecule has 0 bridgehead atoms. The summed E-state index contributed by atoms with van der Waals surface area (Å²) in [5.74, 6) is 1.31. The van der Waals surface area contributed by atoms with Crippen LogP contribution >= 0.6 is 0 Å². The van der Waals surface area contributed by atoms with Gasteiger partial charge in [-0.2, -0.15) is 5.10 Å². The average molecular weight is 248 g/mol. The normalized spacial score (nSPS) is 10.7. The Morgan fingerprint density at radius 3 is 2.89 bits per heavy atom. The van der Waals surface area contributed by atoms with Crippen LogP contribution < -0.4 is 10.2 Å². The lowest BCUT2D eigenvalue weighted by atomic mass is 10.3. The van der Waals surface area contributed by atoms with E-state index in [0.717, 1.165) is 11.0 Å². The Morgan fingerprint density at radius 1 is 1.50 bits per heavy atom. The van der Waals surface area contributed by atoms with E-state index < -0.39 is 0 Å². The van der Waals surface area contributed by atoms with Crippen molar-refractivity contribution in [2.75, 3.05) is 25.5 Å². The second-order valence-electron chi connectivity index (χ2n) is 4.13. The highest BCUT2D eigenvalue weighted by molar-refractivity contribution is 5.89. The van der Waals surface area contributed by atoms with Gasteiger partial charge < -0.3 is 10.2 Å². The minimum Gasteiger partial charge on any atom is -0.358 e. The first kappa shape index (κ1) is 12.3. The van der Waals surface area contributed by atoms with Crippen LogP contribution in [-0.4, -0.2) is 46.3 Å². The second-order valence-corrected chi connectivity index (χ2v) is 4.13. The van der Waals surface area contributed by atoms with Gasteiger partial charge in [0, 0.05) is 21.1 Å². The third-order valence-electron chi connectivity index (χ3n) is 2.70. The monoisotopic (exact) mass is 248 g/mol. The van der Waals surface area contributed by atoms with Gasteiger partial charge in [0.05, 0.1) is 18.1 Å². The van der Waals surface area contributed by atoms with E-state index in [1.165, 1.54) is 0 Å². The highest BCUT2D eigenvalue weighted by atomic mass is 16.1. The zero-order chi connectivity index (χ0) is 13.3. The van der Waals surface area contributed by atoms with Gasteiger partial charge >= 0.3 is 0 Å². The summed E-state index contributed by atoms with van der Waals surface area (Å²) < 4.78 is 1.70. The highest BCUT2D eigenvalue weighted by Gasteiger charge is 2.15. The van der Waals surface area contributed by atoms with E-state index in [2.05, 4.69) is 20.4 Å². The van der Waals surface area contributed by atoms with E-state index in [9.17, 15) is 4.79 Å². The third-order valence-corrected chi connectivity index (χ3v) is 2.70. The van der Waals surface area contributed by atoms with Gasteiger partial charge in [0.25, 0.3) is 0 Å². The lowest BCUT2D eigenvalue weighted by molar-refractivity contribution is -0.119. The Bertz CT molecular complexity index is 590. The van der Waals surface area contributed by atoms with Gasteiger partial charge in [0.15, 0.2) is 5.65 Å². The van der Waals surface area contributed by atoms with E-state index in [1.54, 1.807) is 22.8 Å². The molecular formula is C11H16N6O. The van der Waals surface area contributed by atoms with E-state index >= 15 is 0 Å². The van der Waals surface area contributed by atoms with Crippen LogP contribution in [0.3, 0.4) is 0 Å². The summed E-state index contributed by atoms with van der Waals surface area (Å²) in [7, 11) is 5.27. The first-order chi connectivity index (χ1) is 8.52. The van der Waals surface area contributed by atoms with Crippen molar-refractivity contribution in [3.63, 3.8) is 0 Å². The Morgan fingerprint density at radius 2 is 2.22 bits per heavy atom. The number of nitrogens with one attached hydrogen (secondary N) is 1. The summed E-state index contributed by atoms with van der Waals surface area (Å²) in [6.07, 6.45) is 1.71. The zero-order valence-electron chi connectivity index (χ0n) is 10.9. The van der Waals surface area contributed by atoms with Crippen molar-refractivity contribution in [1.82, 2.24) is 25.1 Å². The number of aryl methyl sites for hydroxylation is 2. The highest BCUT2D eigenvalue weighted by Crippen LogP contribution is 2.21. The summed E-state index contributed by atoms with van der Waals surface area (Å²) in [5.41, 5.74) is 0.765. The molecule has 2 rings (SSSR count). The SMILES string of the molecule is CNC(=O)CN(C)c1nc(C)nc2c1cnn2C. The lowest BCUT2D eigenvalue weighted by Crippen LogP contribution is -2.33. The maximum Gasteiger partial charge on any atom is 0.239 e. The van der Waals surface area contributed by atoms with Crippen LogP contribution in [0.15, 0.2) is 6.20 Å². The summed E-state index contributed by atoms with van der Waals surface area (Å²) in [6.45, 7) is 2.07. The molecule has 0 aliphatic carbocycles. The zero-order valence-corrected chi connectivity index (χ0v) is 10.9. The quantitative estimate of drug-likeness (QED) is 0.817. The van der Waals surface area contributed by atoms with Crippen LogP contribution in [0, 0.1) is 6.92 Å². The van der Waals surface area contributed by atoms with Crippen LogP contribution in [0.5, 0.6) is 0 Å². The number of anilines is 1. The summed E-state index contributed by atoms with van der Waals surface area (Å²) in [5, 5.41) is 7.60. The predicted octanol–water partition coefficient (Wildman–Crippen LogP) is -0.146. The second kappa shape index (κ2) is 4.59. The number of carbonyl (C=O) groups is 1. The number of nitrogens with zero attached hydrogens (tertiary/aromatic N) is 5. The molecule has 0 spiro atoms. The third kappa shape index (κ3) is 2.11. The molecular weight excluding hydrogens is 232 g/mol. The number of aromatic nitrogens is 4. The topological polar surface area (TPSA) is 75.9 Å². The van der Waals surface area contributed by atoms with Crippen molar-refractivity contribution < 1.29 is 4.79 Å². The number of hydrogen-bond acceptors (Lipinski definition) is 5. The van der Waals surface area contributed by atoms with Crippen molar-refractivity contribution >= 4 is 22.8 Å². The molecule has 2 heterocycles. The Kier molecular flexibility index (Phi) is 3.14. The number of likely N-dealkylation sites (N-methyl/N-ethyl adjacent to an activating group) is 2. The van der Waals surface area contributed by atoms with E-state index in [0.29, 0.717) is 11.6 Å². The van der Waals surface area contributed by atoms with Crippen molar-refractivity contribution in [1.29, 1.82) is 0 Å². The molecule has 18 heavy (non-hydrogen) atoms. The molecule has 2 aromatic heterocycles. The summed E-state index contributed by atoms with van der Waals surface area (Å²) in [6, 6.07) is 0. The van der Waals surface area contributed by atoms with E-state index in [1.807, 2.05) is 21.0 Å². The maximum atomic E-state index is 11.4. The molecule has 1 amide bonds. The lowest BCUT2D eigenvalue weighted by Gasteiger charge is -2.18. The largest absolute Gasteiger partial charge is 0.358 e. The van der Waals surface area contributed by atoms with Crippen LogP contribution in [0.2, 0.25) is 0 Å². The van der Waals surface area contributed by atoms with Gasteiger partial charge in [0.2, 0.25) is 5.91 Å². The molecule has 0 unspecified atom stereocenters. The standard InChI is InChI=1S/C11H16N6O/c1-7-14-10(16(3)6-9(18)12-2)8-5-13-17(4)11(8)15-7/h5H,6H2,1-4H3,(H,12,18). The maximum absolute atomic E-state index is 11.4. The van der Waals surface area contributed by atoms with E-state index in [4.69, 9.17) is 0 Å². The molecule has 7 heteroatoms. The minimum absolute atomic E-state index is 0.0641. The summed E-state index contributed by atoms with van der Waals surface area (Å²) >= 11 is 0. The van der Waals surface area contributed by atoms with Gasteiger partial charge in [-0.05, 0) is 6.92 Å². The molecule has 0 saturated carbocycles. The molecule has 0 aromatic carbocycles. The molecule has 0 saturated heterocycles. The molecule has 0 aliphatic rings. The molecule has 2 aromatic rings. The van der Waals surface area contributed by atoms with Gasteiger partial charge in [0.1, 0.15) is 11.6 Å². The first-order valence-corrected chi connectivity index (χ1v) is 5.61. The van der Waals surface area contributed by atoms with Crippen LogP contribution in [0.4, 0.5) is 5.82 Å². The van der Waals surface area contributed by atoms with Crippen LogP contribution in [0.25, 0.3) is 11.0 Å². The molecule has 96 valence electrons. The molecule has 0 atom stereocenters. The molecule has 1 N–H and O–H groups in total. The van der Waals surface area contributed by atoms with Crippen LogP contribution in [-0.2, 0) is 11.8 Å². The van der Waals surface area contributed by atoms with Crippen molar-refractivity contribution in [2.24, 2.45) is 7.05 Å². The number of amides is 1. The van der Waals surface area contributed by atoms with E-state index in [-0.39, 0.29) is 12.5 Å². The fraction of sp³-hybridized carbons (Fsp3) is 0.455. The minimum atomic E-state index is -0.0641. The predicted molar refractivity (Wildman–Crippen MR) is 68.4 cm³/mol. The fourth-order valence-electron chi connectivity index (χ4n) is 1.77. The summed E-state index contributed by atoms with van der Waals surface area (Å²) in [4.78, 5) is 21.9. The first-order valence-electron chi connectivity index (χ1n) is 5.61. The number of rotatable bonds is 3. The van der Waals surface area contributed by atoms with Gasteiger partial charge in [-0.1, -0.05) is 0 Å². The number of fused-ring (bicyclic) bond motifs is 1. The fourth-order valence-corrected chi connectivity index (χ4v) is 1.77. The van der Waals surface area contributed by atoms with Crippen molar-refractivity contribution in [2.45, 2.75) is 6.92 Å². The van der Waals surface area contributed by atoms with Gasteiger partial charge in [-0.15, -0.1) is 0 Å². The Labute approximate surface area is 105 Å². The van der Waals surface area contributed by atoms with Crippen molar-refractivity contribution in [3.05, 3.63) is 12.0 Å². The van der Waals surface area contributed by atoms with Crippen molar-refractivity contribution in [3.8, 4) is 0 Å². The smallest absolute Gasteiger partial charge is 0.239 e. The number of hydrogen-bond donors (Lipinski definition) is 1. The molecule has 0 aliphatic heterocycles. The van der Waals surface area contributed by atoms with Gasteiger partial charge in [-0.25, -0.2) is 9.97 Å². The molecule has 0 fully saturated rings. The van der Waals surface area contributed by atoms with Crippen LogP contribution in [0.1, 0.15) is 5.82 Å². The Hall–Kier alpha value is -2.18. The molecule has 7 nitrogen and oxygen atoms in total.